The van der Waals surface area contributed by atoms with Gasteiger partial charge in [-0.3, -0.25) is 4.79 Å². The average Bonchev–Trinajstić information content (AvgIpc) is 2.38. The lowest BCUT2D eigenvalue weighted by Crippen LogP contribution is -1.97. The number of aliphatic carboxylic acids is 1. The molecule has 0 saturated heterocycles. The zero-order chi connectivity index (χ0) is 13.0. The number of carbonyl (C=O) groups is 1. The minimum Gasteiger partial charge on any atom is -0.481 e. The monoisotopic (exact) mass is 262 g/mol. The molecule has 0 aliphatic rings. The molecule has 18 heavy (non-hydrogen) atoms. The fourth-order valence-corrected chi connectivity index (χ4v) is 2.19. The Labute approximate surface area is 108 Å². The second kappa shape index (κ2) is 5.69. The van der Waals surface area contributed by atoms with Crippen LogP contribution in [0.15, 0.2) is 53.4 Å². The Balaban J connectivity index is 2.17. The lowest BCUT2D eigenvalue weighted by Gasteiger charge is -2.04. The molecule has 0 saturated carbocycles. The molecule has 0 radical (unpaired) electrons. The highest BCUT2D eigenvalue weighted by atomic mass is 32.2. The molecule has 2 nitrogen and oxygen atoms in total. The topological polar surface area (TPSA) is 37.3 Å². The number of hydrogen-bond acceptors (Lipinski definition) is 2. The SMILES string of the molecule is O=C(O)CSc1ccc(-c2ccccc2F)cc1. The summed E-state index contributed by atoms with van der Waals surface area (Å²) >= 11 is 1.24. The molecule has 2 aromatic rings. The Kier molecular flexibility index (Phi) is 3.99. The Morgan fingerprint density at radius 3 is 2.39 bits per heavy atom. The Bertz CT molecular complexity index is 552. The van der Waals surface area contributed by atoms with Gasteiger partial charge >= 0.3 is 5.97 Å². The second-order valence-corrected chi connectivity index (χ2v) is 4.74. The van der Waals surface area contributed by atoms with Crippen molar-refractivity contribution in [2.75, 3.05) is 5.75 Å². The van der Waals surface area contributed by atoms with Crippen molar-refractivity contribution in [3.05, 3.63) is 54.3 Å². The highest BCUT2D eigenvalue weighted by molar-refractivity contribution is 8.00. The molecule has 0 aromatic heterocycles. The van der Waals surface area contributed by atoms with E-state index in [4.69, 9.17) is 5.11 Å². The van der Waals surface area contributed by atoms with Crippen molar-refractivity contribution >= 4 is 17.7 Å². The van der Waals surface area contributed by atoms with Crippen LogP contribution in [0.5, 0.6) is 0 Å². The second-order valence-electron chi connectivity index (χ2n) is 3.69. The number of carboxylic acid groups (broad SMARTS) is 1. The van der Waals surface area contributed by atoms with Gasteiger partial charge in [-0.1, -0.05) is 30.3 Å². The normalized spacial score (nSPS) is 10.3. The summed E-state index contributed by atoms with van der Waals surface area (Å²) in [5, 5.41) is 8.57. The molecule has 0 aliphatic carbocycles. The fraction of sp³-hybridized carbons (Fsp3) is 0.0714. The molecule has 92 valence electrons. The summed E-state index contributed by atoms with van der Waals surface area (Å²) in [4.78, 5) is 11.3. The Hall–Kier alpha value is -1.81. The van der Waals surface area contributed by atoms with Crippen LogP contribution in [-0.2, 0) is 4.79 Å². The summed E-state index contributed by atoms with van der Waals surface area (Å²) in [6, 6.07) is 13.8. The van der Waals surface area contributed by atoms with Gasteiger partial charge in [-0.25, -0.2) is 4.39 Å². The van der Waals surface area contributed by atoms with Gasteiger partial charge in [0, 0.05) is 10.5 Å². The van der Waals surface area contributed by atoms with Crippen LogP contribution in [0.4, 0.5) is 4.39 Å². The molecule has 0 amide bonds. The maximum atomic E-state index is 13.5. The molecular formula is C14H11FO2S. The molecular weight excluding hydrogens is 251 g/mol. The molecule has 0 bridgehead atoms. The minimum absolute atomic E-state index is 0.0268. The third-order valence-electron chi connectivity index (χ3n) is 2.40. The van der Waals surface area contributed by atoms with E-state index in [0.29, 0.717) is 5.56 Å². The summed E-state index contributed by atoms with van der Waals surface area (Å²) in [6.07, 6.45) is 0. The van der Waals surface area contributed by atoms with Gasteiger partial charge in [0.2, 0.25) is 0 Å². The molecule has 0 aliphatic heterocycles. The number of hydrogen-bond donors (Lipinski definition) is 1. The zero-order valence-electron chi connectivity index (χ0n) is 9.47. The largest absolute Gasteiger partial charge is 0.481 e. The maximum Gasteiger partial charge on any atom is 0.313 e. The van der Waals surface area contributed by atoms with Gasteiger partial charge in [-0.05, 0) is 23.8 Å². The van der Waals surface area contributed by atoms with E-state index in [1.165, 1.54) is 17.8 Å². The Morgan fingerprint density at radius 1 is 1.11 bits per heavy atom. The van der Waals surface area contributed by atoms with Crippen LogP contribution in [0, 0.1) is 5.82 Å². The Morgan fingerprint density at radius 2 is 1.78 bits per heavy atom. The first-order valence-electron chi connectivity index (χ1n) is 5.36. The number of carboxylic acids is 1. The van der Waals surface area contributed by atoms with Gasteiger partial charge in [0.1, 0.15) is 5.82 Å². The standard InChI is InChI=1S/C14H11FO2S/c15-13-4-2-1-3-12(13)10-5-7-11(8-6-10)18-9-14(16)17/h1-8H,9H2,(H,16,17). The smallest absolute Gasteiger partial charge is 0.313 e. The van der Waals surface area contributed by atoms with Gasteiger partial charge in [-0.15, -0.1) is 11.8 Å². The molecule has 0 atom stereocenters. The van der Waals surface area contributed by atoms with Crippen LogP contribution in [0.2, 0.25) is 0 Å². The first kappa shape index (κ1) is 12.6. The van der Waals surface area contributed by atoms with E-state index >= 15 is 0 Å². The quantitative estimate of drug-likeness (QED) is 0.854. The van der Waals surface area contributed by atoms with E-state index in [2.05, 4.69) is 0 Å². The van der Waals surface area contributed by atoms with E-state index in [9.17, 15) is 9.18 Å². The molecule has 1 N–H and O–H groups in total. The summed E-state index contributed by atoms with van der Waals surface area (Å²) in [7, 11) is 0. The van der Waals surface area contributed by atoms with Crippen molar-refractivity contribution in [3.63, 3.8) is 0 Å². The van der Waals surface area contributed by atoms with E-state index < -0.39 is 5.97 Å². The molecule has 4 heteroatoms. The summed E-state index contributed by atoms with van der Waals surface area (Å²) in [5.74, 6) is -1.08. The summed E-state index contributed by atoms with van der Waals surface area (Å²) < 4.78 is 13.5. The first-order valence-corrected chi connectivity index (χ1v) is 6.35. The van der Waals surface area contributed by atoms with Gasteiger partial charge < -0.3 is 5.11 Å². The van der Waals surface area contributed by atoms with E-state index in [1.54, 1.807) is 42.5 Å². The highest BCUT2D eigenvalue weighted by Crippen LogP contribution is 2.25. The van der Waals surface area contributed by atoms with Crippen LogP contribution >= 0.6 is 11.8 Å². The van der Waals surface area contributed by atoms with Crippen molar-refractivity contribution in [2.24, 2.45) is 0 Å². The number of benzene rings is 2. The molecule has 0 heterocycles. The van der Waals surface area contributed by atoms with E-state index in [0.717, 1.165) is 10.5 Å². The third kappa shape index (κ3) is 3.11. The predicted octanol–water partition coefficient (Wildman–Crippen LogP) is 3.67. The van der Waals surface area contributed by atoms with Gasteiger partial charge in [0.15, 0.2) is 0 Å². The van der Waals surface area contributed by atoms with E-state index in [-0.39, 0.29) is 11.6 Å². The average molecular weight is 262 g/mol. The van der Waals surface area contributed by atoms with Crippen LogP contribution in [0.3, 0.4) is 0 Å². The van der Waals surface area contributed by atoms with Crippen LogP contribution in [0.1, 0.15) is 0 Å². The lowest BCUT2D eigenvalue weighted by atomic mass is 10.1. The molecule has 0 unspecified atom stereocenters. The third-order valence-corrected chi connectivity index (χ3v) is 3.40. The van der Waals surface area contributed by atoms with Gasteiger partial charge in [0.25, 0.3) is 0 Å². The van der Waals surface area contributed by atoms with Crippen LogP contribution in [0.25, 0.3) is 11.1 Å². The van der Waals surface area contributed by atoms with Crippen molar-refractivity contribution < 1.29 is 14.3 Å². The number of halogens is 1. The van der Waals surface area contributed by atoms with Gasteiger partial charge in [-0.2, -0.15) is 0 Å². The predicted molar refractivity (Wildman–Crippen MR) is 70.2 cm³/mol. The zero-order valence-corrected chi connectivity index (χ0v) is 10.3. The van der Waals surface area contributed by atoms with Crippen molar-refractivity contribution in [2.45, 2.75) is 4.90 Å². The van der Waals surface area contributed by atoms with E-state index in [1.807, 2.05) is 0 Å². The molecule has 0 spiro atoms. The number of rotatable bonds is 4. The minimum atomic E-state index is -0.849. The highest BCUT2D eigenvalue weighted by Gasteiger charge is 2.04. The lowest BCUT2D eigenvalue weighted by molar-refractivity contribution is -0.133. The molecule has 2 aromatic carbocycles. The van der Waals surface area contributed by atoms with Crippen molar-refractivity contribution in [1.29, 1.82) is 0 Å². The van der Waals surface area contributed by atoms with Crippen LogP contribution in [-0.4, -0.2) is 16.8 Å². The van der Waals surface area contributed by atoms with Crippen LogP contribution < -0.4 is 0 Å². The number of thioether (sulfide) groups is 1. The van der Waals surface area contributed by atoms with Crippen molar-refractivity contribution in [1.82, 2.24) is 0 Å². The van der Waals surface area contributed by atoms with Crippen molar-refractivity contribution in [3.8, 4) is 11.1 Å². The summed E-state index contributed by atoms with van der Waals surface area (Å²) in [6.45, 7) is 0. The van der Waals surface area contributed by atoms with Gasteiger partial charge in [0.05, 0.1) is 5.75 Å². The first-order chi connectivity index (χ1) is 8.66. The molecule has 2 rings (SSSR count). The maximum absolute atomic E-state index is 13.5. The fourth-order valence-electron chi connectivity index (χ4n) is 1.57. The summed E-state index contributed by atoms with van der Waals surface area (Å²) in [5.41, 5.74) is 1.33. The molecule has 0 fully saturated rings.